The van der Waals surface area contributed by atoms with E-state index in [1.54, 1.807) is 6.07 Å². The highest BCUT2D eigenvalue weighted by Crippen LogP contribution is 2.16. The molecule has 0 N–H and O–H groups in total. The number of sulfonamides is 1. The van der Waals surface area contributed by atoms with Gasteiger partial charge in [-0.1, -0.05) is 29.8 Å². The summed E-state index contributed by atoms with van der Waals surface area (Å²) < 4.78 is 30.4. The Morgan fingerprint density at radius 2 is 1.73 bits per heavy atom. The number of benzene rings is 2. The first-order valence-corrected chi connectivity index (χ1v) is 9.37. The van der Waals surface area contributed by atoms with E-state index in [2.05, 4.69) is 0 Å². The van der Waals surface area contributed by atoms with Crippen molar-refractivity contribution in [3.8, 4) is 0 Å². The highest BCUT2D eigenvalue weighted by atomic mass is 32.2. The van der Waals surface area contributed by atoms with Crippen LogP contribution in [0.3, 0.4) is 0 Å². The summed E-state index contributed by atoms with van der Waals surface area (Å²) in [6.45, 7) is 3.33. The maximum absolute atomic E-state index is 12.2. The summed E-state index contributed by atoms with van der Waals surface area (Å²) >= 11 is 0. The van der Waals surface area contributed by atoms with E-state index < -0.39 is 22.6 Å². The number of esters is 1. The highest BCUT2D eigenvalue weighted by molar-refractivity contribution is 7.89. The molecule has 0 aromatic heterocycles. The van der Waals surface area contributed by atoms with Crippen LogP contribution in [0.5, 0.6) is 0 Å². The molecule has 2 aromatic carbocycles. The first kappa shape index (κ1) is 19.8. The van der Waals surface area contributed by atoms with E-state index >= 15 is 0 Å². The number of carbonyl (C=O) groups excluding carboxylic acids is 2. The van der Waals surface area contributed by atoms with Gasteiger partial charge in [0.05, 0.1) is 10.5 Å². The molecular formula is C19H21NO5S. The van der Waals surface area contributed by atoms with Crippen molar-refractivity contribution in [2.24, 2.45) is 0 Å². The van der Waals surface area contributed by atoms with Crippen LogP contribution in [0.4, 0.5) is 0 Å². The van der Waals surface area contributed by atoms with Crippen molar-refractivity contribution in [1.82, 2.24) is 4.31 Å². The van der Waals surface area contributed by atoms with Gasteiger partial charge in [-0.05, 0) is 37.6 Å². The number of ketones is 1. The minimum Gasteiger partial charge on any atom is -0.454 e. The molecule has 0 aliphatic heterocycles. The number of nitrogens with zero attached hydrogens (tertiary/aromatic N) is 1. The van der Waals surface area contributed by atoms with Crippen LogP contribution in [-0.4, -0.2) is 45.2 Å². The van der Waals surface area contributed by atoms with Crippen LogP contribution in [0.1, 0.15) is 31.8 Å². The molecular weight excluding hydrogens is 354 g/mol. The lowest BCUT2D eigenvalue weighted by Gasteiger charge is -2.12. The van der Waals surface area contributed by atoms with Crippen LogP contribution in [0.2, 0.25) is 0 Å². The lowest BCUT2D eigenvalue weighted by Crippen LogP contribution is -2.22. The van der Waals surface area contributed by atoms with Crippen molar-refractivity contribution in [2.75, 3.05) is 20.7 Å². The molecule has 0 fully saturated rings. The monoisotopic (exact) mass is 375 g/mol. The van der Waals surface area contributed by atoms with E-state index in [9.17, 15) is 18.0 Å². The molecule has 0 amide bonds. The molecule has 2 aromatic rings. The number of Topliss-reactive ketones (excluding diaryl/α,β-unsaturated/α-hetero) is 1. The standard InChI is InChI=1S/C19H21NO5S/c1-13-8-9-17(14(2)10-13)18(21)12-25-19(22)15-6-5-7-16(11-15)26(23,24)20(3)4/h5-11H,12H2,1-4H3. The molecule has 6 nitrogen and oxygen atoms in total. The average molecular weight is 375 g/mol. The second-order valence-electron chi connectivity index (χ2n) is 6.13. The second kappa shape index (κ2) is 7.80. The van der Waals surface area contributed by atoms with Crippen LogP contribution in [0, 0.1) is 13.8 Å². The SMILES string of the molecule is Cc1ccc(C(=O)COC(=O)c2cccc(S(=O)(=O)N(C)C)c2)c(C)c1. The normalized spacial score (nSPS) is 11.4. The molecule has 0 aliphatic rings. The van der Waals surface area contributed by atoms with Gasteiger partial charge < -0.3 is 4.74 Å². The van der Waals surface area contributed by atoms with Crippen LogP contribution in [-0.2, 0) is 14.8 Å². The zero-order valence-electron chi connectivity index (χ0n) is 15.1. The van der Waals surface area contributed by atoms with Gasteiger partial charge in [0.15, 0.2) is 6.61 Å². The Kier molecular flexibility index (Phi) is 5.94. The summed E-state index contributed by atoms with van der Waals surface area (Å²) in [6, 6.07) is 10.9. The van der Waals surface area contributed by atoms with Crippen molar-refractivity contribution >= 4 is 21.8 Å². The van der Waals surface area contributed by atoms with Crippen LogP contribution in [0.25, 0.3) is 0 Å². The molecule has 0 atom stereocenters. The van der Waals surface area contributed by atoms with Crippen LogP contribution in [0.15, 0.2) is 47.4 Å². The quantitative estimate of drug-likeness (QED) is 0.573. The van der Waals surface area contributed by atoms with Gasteiger partial charge in [0.1, 0.15) is 0 Å². The summed E-state index contributed by atoms with van der Waals surface area (Å²) in [4.78, 5) is 24.4. The molecule has 7 heteroatoms. The van der Waals surface area contributed by atoms with Crippen molar-refractivity contribution in [3.05, 3.63) is 64.7 Å². The van der Waals surface area contributed by atoms with Crippen LogP contribution < -0.4 is 0 Å². The zero-order chi connectivity index (χ0) is 19.5. The Morgan fingerprint density at radius 3 is 2.35 bits per heavy atom. The molecule has 0 saturated heterocycles. The summed E-state index contributed by atoms with van der Waals surface area (Å²) in [7, 11) is -0.847. The molecule has 138 valence electrons. The number of ether oxygens (including phenoxy) is 1. The van der Waals surface area contributed by atoms with Gasteiger partial charge >= 0.3 is 5.97 Å². The van der Waals surface area contributed by atoms with E-state index in [-0.39, 0.29) is 16.2 Å². The van der Waals surface area contributed by atoms with E-state index in [4.69, 9.17) is 4.74 Å². The Morgan fingerprint density at radius 1 is 1.04 bits per heavy atom. The molecule has 0 saturated carbocycles. The molecule has 0 unspecified atom stereocenters. The third-order valence-corrected chi connectivity index (χ3v) is 5.68. The highest BCUT2D eigenvalue weighted by Gasteiger charge is 2.20. The molecule has 2 rings (SSSR count). The number of hydrogen-bond acceptors (Lipinski definition) is 5. The van der Waals surface area contributed by atoms with Gasteiger partial charge in [-0.25, -0.2) is 17.5 Å². The van der Waals surface area contributed by atoms with Gasteiger partial charge in [-0.2, -0.15) is 0 Å². The maximum atomic E-state index is 12.2. The summed E-state index contributed by atoms with van der Waals surface area (Å²) in [5.74, 6) is -1.06. The molecule has 0 spiro atoms. The minimum absolute atomic E-state index is 0.0161. The number of aryl methyl sites for hydroxylation is 2. The smallest absolute Gasteiger partial charge is 0.338 e. The lowest BCUT2D eigenvalue weighted by molar-refractivity contribution is 0.0474. The van der Waals surface area contributed by atoms with Gasteiger partial charge in [0.2, 0.25) is 15.8 Å². The predicted molar refractivity (Wildman–Crippen MR) is 97.8 cm³/mol. The molecule has 0 aliphatic carbocycles. The van der Waals surface area contributed by atoms with Crippen molar-refractivity contribution < 1.29 is 22.7 Å². The van der Waals surface area contributed by atoms with Crippen molar-refractivity contribution in [1.29, 1.82) is 0 Å². The van der Waals surface area contributed by atoms with Gasteiger partial charge in [0.25, 0.3) is 0 Å². The van der Waals surface area contributed by atoms with Gasteiger partial charge in [0, 0.05) is 19.7 Å². The fourth-order valence-corrected chi connectivity index (χ4v) is 3.36. The number of rotatable bonds is 6. The van der Waals surface area contributed by atoms with Crippen molar-refractivity contribution in [3.63, 3.8) is 0 Å². The fourth-order valence-electron chi connectivity index (χ4n) is 2.41. The molecule has 0 radical (unpaired) electrons. The summed E-state index contributed by atoms with van der Waals surface area (Å²) in [5, 5.41) is 0. The Hall–Kier alpha value is -2.51. The maximum Gasteiger partial charge on any atom is 0.338 e. The molecule has 0 heterocycles. The molecule has 26 heavy (non-hydrogen) atoms. The van der Waals surface area contributed by atoms with Gasteiger partial charge in [-0.15, -0.1) is 0 Å². The number of hydrogen-bond donors (Lipinski definition) is 0. The topological polar surface area (TPSA) is 80.8 Å². The average Bonchev–Trinajstić information content (AvgIpc) is 2.59. The van der Waals surface area contributed by atoms with Gasteiger partial charge in [-0.3, -0.25) is 4.79 Å². The Labute approximate surface area is 153 Å². The van der Waals surface area contributed by atoms with E-state index in [0.717, 1.165) is 15.4 Å². The van der Waals surface area contributed by atoms with Crippen molar-refractivity contribution in [2.45, 2.75) is 18.7 Å². The first-order valence-electron chi connectivity index (χ1n) is 7.93. The van der Waals surface area contributed by atoms with E-state index in [0.29, 0.717) is 5.56 Å². The first-order chi connectivity index (χ1) is 12.1. The van der Waals surface area contributed by atoms with E-state index in [1.807, 2.05) is 26.0 Å². The lowest BCUT2D eigenvalue weighted by atomic mass is 10.0. The number of carbonyl (C=O) groups is 2. The Balaban J connectivity index is 2.12. The predicted octanol–water partition coefficient (Wildman–Crippen LogP) is 2.59. The third-order valence-electron chi connectivity index (χ3n) is 3.86. The third kappa shape index (κ3) is 4.36. The summed E-state index contributed by atoms with van der Waals surface area (Å²) in [6.07, 6.45) is 0. The Bertz CT molecular complexity index is 948. The van der Waals surface area contributed by atoms with E-state index in [1.165, 1.54) is 38.4 Å². The molecule has 0 bridgehead atoms. The summed E-state index contributed by atoms with van der Waals surface area (Å²) in [5.41, 5.74) is 2.41. The fraction of sp³-hybridized carbons (Fsp3) is 0.263. The largest absolute Gasteiger partial charge is 0.454 e. The zero-order valence-corrected chi connectivity index (χ0v) is 16.0. The minimum atomic E-state index is -3.66. The van der Waals surface area contributed by atoms with Crippen LogP contribution >= 0.6 is 0 Å². The second-order valence-corrected chi connectivity index (χ2v) is 8.28.